The average molecular weight is 456 g/mol. The number of hydrogen-bond donors (Lipinski definition) is 1. The number of halogens is 1. The van der Waals surface area contributed by atoms with E-state index in [9.17, 15) is 9.59 Å². The van der Waals surface area contributed by atoms with E-state index in [1.165, 1.54) is 12.5 Å². The summed E-state index contributed by atoms with van der Waals surface area (Å²) in [5.41, 5.74) is 3.33. The number of anilines is 1. The van der Waals surface area contributed by atoms with Crippen LogP contribution in [0.2, 0.25) is 0 Å². The minimum absolute atomic E-state index is 0.0542. The molecule has 0 spiro atoms. The molecule has 0 bridgehead atoms. The smallest absolute Gasteiger partial charge is 0.328 e. The Morgan fingerprint density at radius 1 is 1.10 bits per heavy atom. The van der Waals surface area contributed by atoms with Crippen LogP contribution in [0.25, 0.3) is 5.57 Å². The molecule has 2 aromatic carbocycles. The molecule has 1 amide bonds. The first-order valence-corrected chi connectivity index (χ1v) is 10.8. The Kier molecular flexibility index (Phi) is 7.26. The lowest BCUT2D eigenvalue weighted by atomic mass is 9.88. The topological polar surface area (TPSA) is 57.6 Å². The van der Waals surface area contributed by atoms with Gasteiger partial charge in [0.1, 0.15) is 0 Å². The number of nitrogens with zero attached hydrogens (tertiary/aromatic N) is 1. The second-order valence-electron chi connectivity index (χ2n) is 7.60. The molecule has 1 N–H and O–H groups in total. The van der Waals surface area contributed by atoms with Crippen LogP contribution in [0.3, 0.4) is 0 Å². The van der Waals surface area contributed by atoms with Crippen molar-refractivity contribution in [3.05, 3.63) is 70.2 Å². The predicted molar refractivity (Wildman–Crippen MR) is 120 cm³/mol. The van der Waals surface area contributed by atoms with Gasteiger partial charge in [0.15, 0.2) is 0 Å². The number of allylic oxidation sites excluding steroid dienone is 1. The van der Waals surface area contributed by atoms with Crippen molar-refractivity contribution in [2.24, 2.45) is 5.92 Å². The van der Waals surface area contributed by atoms with Crippen LogP contribution in [0.15, 0.2) is 59.1 Å². The third-order valence-corrected chi connectivity index (χ3v) is 5.96. The molecule has 0 unspecified atom stereocenters. The first-order valence-electron chi connectivity index (χ1n) is 10.0. The van der Waals surface area contributed by atoms with Gasteiger partial charge in [-0.3, -0.25) is 4.79 Å². The lowest BCUT2D eigenvalue weighted by molar-refractivity contribution is -0.131. The van der Waals surface area contributed by atoms with E-state index < -0.39 is 5.97 Å². The summed E-state index contributed by atoms with van der Waals surface area (Å²) < 4.78 is 1.00. The van der Waals surface area contributed by atoms with Gasteiger partial charge >= 0.3 is 5.97 Å². The molecule has 0 aliphatic heterocycles. The molecule has 2 aromatic rings. The largest absolute Gasteiger partial charge is 0.478 e. The fourth-order valence-corrected chi connectivity index (χ4v) is 4.09. The summed E-state index contributed by atoms with van der Waals surface area (Å²) >= 11 is 3.46. The summed E-state index contributed by atoms with van der Waals surface area (Å²) in [5.74, 6) is -0.763. The van der Waals surface area contributed by atoms with Crippen LogP contribution in [0, 0.1) is 5.92 Å². The molecule has 5 heteroatoms. The molecule has 3 rings (SSSR count). The van der Waals surface area contributed by atoms with Crippen LogP contribution < -0.4 is 4.90 Å². The van der Waals surface area contributed by atoms with Crippen LogP contribution in [0.4, 0.5) is 5.69 Å². The van der Waals surface area contributed by atoms with E-state index >= 15 is 0 Å². The van der Waals surface area contributed by atoms with Gasteiger partial charge in [-0.25, -0.2) is 4.79 Å². The average Bonchev–Trinajstić information content (AvgIpc) is 2.73. The SMILES string of the molecule is CC(=CC(=O)O)c1cccc(N(Cc2ccc(Br)cc2)C(=O)C2CCCCC2)c1. The van der Waals surface area contributed by atoms with Crippen molar-refractivity contribution < 1.29 is 14.7 Å². The lowest BCUT2D eigenvalue weighted by Gasteiger charge is -2.30. The molecular weight excluding hydrogens is 430 g/mol. The van der Waals surface area contributed by atoms with Gasteiger partial charge in [0, 0.05) is 22.2 Å². The standard InChI is InChI=1S/C24H26BrNO3/c1-17(14-23(27)28)20-8-5-9-22(15-20)26(16-18-10-12-21(25)13-11-18)24(29)19-6-3-2-4-7-19/h5,8-15,19H,2-4,6-7,16H2,1H3,(H,27,28). The molecule has 0 radical (unpaired) electrons. The van der Waals surface area contributed by atoms with Crippen LogP contribution in [0.1, 0.15) is 50.2 Å². The maximum Gasteiger partial charge on any atom is 0.328 e. The van der Waals surface area contributed by atoms with E-state index in [0.717, 1.165) is 47.0 Å². The highest BCUT2D eigenvalue weighted by molar-refractivity contribution is 9.10. The van der Waals surface area contributed by atoms with Crippen molar-refractivity contribution in [3.63, 3.8) is 0 Å². The molecule has 0 saturated heterocycles. The lowest BCUT2D eigenvalue weighted by Crippen LogP contribution is -2.36. The Bertz CT molecular complexity index is 899. The molecular formula is C24H26BrNO3. The van der Waals surface area contributed by atoms with Gasteiger partial charge in [-0.1, -0.05) is 59.5 Å². The number of aliphatic carboxylic acids is 1. The first kappa shape index (κ1) is 21.3. The van der Waals surface area contributed by atoms with Crippen molar-refractivity contribution in [1.29, 1.82) is 0 Å². The predicted octanol–water partition coefficient (Wildman–Crippen LogP) is 6.05. The van der Waals surface area contributed by atoms with E-state index in [4.69, 9.17) is 5.11 Å². The van der Waals surface area contributed by atoms with E-state index in [1.54, 1.807) is 6.92 Å². The fourth-order valence-electron chi connectivity index (χ4n) is 3.83. The molecule has 1 fully saturated rings. The van der Waals surface area contributed by atoms with Gasteiger partial charge in [0.25, 0.3) is 0 Å². The van der Waals surface area contributed by atoms with Gasteiger partial charge in [0.05, 0.1) is 6.54 Å². The zero-order valence-corrected chi connectivity index (χ0v) is 18.2. The number of carbonyl (C=O) groups is 2. The van der Waals surface area contributed by atoms with Crippen LogP contribution >= 0.6 is 15.9 Å². The zero-order valence-electron chi connectivity index (χ0n) is 16.6. The number of carboxylic acid groups (broad SMARTS) is 1. The summed E-state index contributed by atoms with van der Waals surface area (Å²) in [6.45, 7) is 2.27. The molecule has 0 heterocycles. The van der Waals surface area contributed by atoms with Crippen LogP contribution in [-0.2, 0) is 16.1 Å². The summed E-state index contributed by atoms with van der Waals surface area (Å²) in [6.07, 6.45) is 6.47. The Labute approximate surface area is 180 Å². The van der Waals surface area contributed by atoms with E-state index in [2.05, 4.69) is 15.9 Å². The summed E-state index contributed by atoms with van der Waals surface area (Å²) in [5, 5.41) is 9.05. The highest BCUT2D eigenvalue weighted by Gasteiger charge is 2.27. The molecule has 1 aliphatic rings. The van der Waals surface area contributed by atoms with Gasteiger partial charge < -0.3 is 10.0 Å². The Morgan fingerprint density at radius 3 is 2.45 bits per heavy atom. The van der Waals surface area contributed by atoms with Crippen LogP contribution in [-0.4, -0.2) is 17.0 Å². The van der Waals surface area contributed by atoms with Crippen molar-refractivity contribution in [3.8, 4) is 0 Å². The minimum Gasteiger partial charge on any atom is -0.478 e. The monoisotopic (exact) mass is 455 g/mol. The van der Waals surface area contributed by atoms with E-state index in [0.29, 0.717) is 12.1 Å². The molecule has 1 aliphatic carbocycles. The van der Waals surface area contributed by atoms with E-state index in [-0.39, 0.29) is 11.8 Å². The molecule has 0 atom stereocenters. The highest BCUT2D eigenvalue weighted by Crippen LogP contribution is 2.30. The van der Waals surface area contributed by atoms with Crippen molar-refractivity contribution in [2.45, 2.75) is 45.6 Å². The number of benzene rings is 2. The van der Waals surface area contributed by atoms with Gasteiger partial charge in [-0.05, 0) is 60.7 Å². The molecule has 0 aromatic heterocycles. The highest BCUT2D eigenvalue weighted by atomic mass is 79.9. The Hall–Kier alpha value is -2.40. The third kappa shape index (κ3) is 5.80. The normalized spacial score (nSPS) is 15.2. The number of carboxylic acids is 1. The van der Waals surface area contributed by atoms with Crippen molar-refractivity contribution in [2.75, 3.05) is 4.90 Å². The third-order valence-electron chi connectivity index (χ3n) is 5.43. The number of carbonyl (C=O) groups excluding carboxylic acids is 1. The maximum absolute atomic E-state index is 13.4. The fraction of sp³-hybridized carbons (Fsp3) is 0.333. The first-order chi connectivity index (χ1) is 13.9. The van der Waals surface area contributed by atoms with Gasteiger partial charge in [0.2, 0.25) is 5.91 Å². The Morgan fingerprint density at radius 2 is 1.79 bits per heavy atom. The zero-order chi connectivity index (χ0) is 20.8. The molecule has 152 valence electrons. The maximum atomic E-state index is 13.4. The second kappa shape index (κ2) is 9.88. The summed E-state index contributed by atoms with van der Waals surface area (Å²) in [6, 6.07) is 15.6. The van der Waals surface area contributed by atoms with Gasteiger partial charge in [-0.2, -0.15) is 0 Å². The number of amides is 1. The summed E-state index contributed by atoms with van der Waals surface area (Å²) in [4.78, 5) is 26.3. The van der Waals surface area contributed by atoms with Gasteiger partial charge in [-0.15, -0.1) is 0 Å². The Balaban J connectivity index is 1.94. The second-order valence-corrected chi connectivity index (χ2v) is 8.52. The number of rotatable bonds is 6. The minimum atomic E-state index is -0.974. The molecule has 29 heavy (non-hydrogen) atoms. The quantitative estimate of drug-likeness (QED) is 0.539. The van der Waals surface area contributed by atoms with Crippen LogP contribution in [0.5, 0.6) is 0 Å². The van der Waals surface area contributed by atoms with E-state index in [1.807, 2.05) is 53.4 Å². The molecule has 4 nitrogen and oxygen atoms in total. The van der Waals surface area contributed by atoms with Crippen molar-refractivity contribution >= 4 is 39.1 Å². The number of hydrogen-bond acceptors (Lipinski definition) is 2. The summed E-state index contributed by atoms with van der Waals surface area (Å²) in [7, 11) is 0. The van der Waals surface area contributed by atoms with Crippen molar-refractivity contribution in [1.82, 2.24) is 0 Å². The molecule has 1 saturated carbocycles.